The first-order valence-corrected chi connectivity index (χ1v) is 6.24. The van der Waals surface area contributed by atoms with Crippen molar-refractivity contribution >= 4 is 5.97 Å². The van der Waals surface area contributed by atoms with E-state index in [4.69, 9.17) is 4.74 Å². The Hall–Kier alpha value is -0.570. The second kappa shape index (κ2) is 6.89. The van der Waals surface area contributed by atoms with E-state index in [1.807, 2.05) is 20.8 Å². The minimum Gasteiger partial charge on any atom is -0.465 e. The number of carbonyl (C=O) groups excluding carboxylic acids is 1. The fourth-order valence-corrected chi connectivity index (χ4v) is 2.03. The third-order valence-electron chi connectivity index (χ3n) is 3.78. The van der Waals surface area contributed by atoms with E-state index >= 15 is 0 Å². The molecular weight excluding hydrogens is 204 g/mol. The van der Waals surface area contributed by atoms with Crippen LogP contribution in [0, 0.1) is 11.3 Å². The highest BCUT2D eigenvalue weighted by Crippen LogP contribution is 2.35. The summed E-state index contributed by atoms with van der Waals surface area (Å²) >= 11 is 0. The van der Waals surface area contributed by atoms with Crippen LogP contribution < -0.4 is 0 Å². The van der Waals surface area contributed by atoms with Gasteiger partial charge in [-0.2, -0.15) is 0 Å². The fourth-order valence-electron chi connectivity index (χ4n) is 2.03. The SMILES string of the molecule is CCC(C)C(O)C(CC)(CC)COC(C)=O. The van der Waals surface area contributed by atoms with Crippen molar-refractivity contribution in [3.05, 3.63) is 0 Å². The summed E-state index contributed by atoms with van der Waals surface area (Å²) in [5, 5.41) is 10.3. The Balaban J connectivity index is 4.71. The molecule has 1 N–H and O–H groups in total. The summed E-state index contributed by atoms with van der Waals surface area (Å²) in [5.41, 5.74) is -0.291. The zero-order valence-corrected chi connectivity index (χ0v) is 11.2. The number of hydrogen-bond donors (Lipinski definition) is 1. The third kappa shape index (κ3) is 3.78. The van der Waals surface area contributed by atoms with E-state index < -0.39 is 6.10 Å². The summed E-state index contributed by atoms with van der Waals surface area (Å²) in [4.78, 5) is 10.9. The first-order chi connectivity index (χ1) is 7.43. The molecule has 0 aliphatic rings. The van der Waals surface area contributed by atoms with Gasteiger partial charge in [-0.05, 0) is 18.8 Å². The molecule has 16 heavy (non-hydrogen) atoms. The summed E-state index contributed by atoms with van der Waals surface area (Å²) in [6.45, 7) is 9.91. The minimum atomic E-state index is -0.410. The largest absolute Gasteiger partial charge is 0.465 e. The maximum atomic E-state index is 10.9. The van der Waals surface area contributed by atoms with Crippen LogP contribution in [0.15, 0.2) is 0 Å². The van der Waals surface area contributed by atoms with Gasteiger partial charge in [0.1, 0.15) is 0 Å². The van der Waals surface area contributed by atoms with Crippen molar-refractivity contribution in [3.63, 3.8) is 0 Å². The Bertz CT molecular complexity index is 209. The van der Waals surface area contributed by atoms with Gasteiger partial charge in [0.05, 0.1) is 12.7 Å². The molecule has 0 radical (unpaired) electrons. The van der Waals surface area contributed by atoms with Gasteiger partial charge in [0, 0.05) is 12.3 Å². The molecule has 0 aliphatic carbocycles. The smallest absolute Gasteiger partial charge is 0.302 e. The van der Waals surface area contributed by atoms with E-state index in [0.29, 0.717) is 6.61 Å². The van der Waals surface area contributed by atoms with Crippen LogP contribution in [0.2, 0.25) is 0 Å². The molecule has 2 atom stereocenters. The summed E-state index contributed by atoms with van der Waals surface area (Å²) in [5.74, 6) is -0.0434. The van der Waals surface area contributed by atoms with Crippen molar-refractivity contribution in [2.24, 2.45) is 11.3 Å². The van der Waals surface area contributed by atoms with Gasteiger partial charge in [-0.15, -0.1) is 0 Å². The van der Waals surface area contributed by atoms with Gasteiger partial charge in [0.25, 0.3) is 0 Å². The van der Waals surface area contributed by atoms with Crippen LogP contribution in [0.3, 0.4) is 0 Å². The minimum absolute atomic E-state index is 0.232. The molecule has 0 aromatic heterocycles. The highest BCUT2D eigenvalue weighted by molar-refractivity contribution is 5.65. The summed E-state index contributed by atoms with van der Waals surface area (Å²) in [7, 11) is 0. The van der Waals surface area contributed by atoms with E-state index in [2.05, 4.69) is 6.92 Å². The molecule has 0 aliphatic heterocycles. The number of rotatable bonds is 7. The van der Waals surface area contributed by atoms with E-state index in [1.54, 1.807) is 0 Å². The van der Waals surface area contributed by atoms with E-state index in [0.717, 1.165) is 19.3 Å². The van der Waals surface area contributed by atoms with Gasteiger partial charge < -0.3 is 9.84 Å². The molecule has 0 heterocycles. The second-order valence-corrected chi connectivity index (χ2v) is 4.68. The third-order valence-corrected chi connectivity index (χ3v) is 3.78. The molecule has 3 heteroatoms. The molecular formula is C13H26O3. The predicted octanol–water partition coefficient (Wildman–Crippen LogP) is 2.76. The van der Waals surface area contributed by atoms with Gasteiger partial charge in [-0.3, -0.25) is 4.79 Å². The van der Waals surface area contributed by atoms with Gasteiger partial charge >= 0.3 is 5.97 Å². The van der Waals surface area contributed by atoms with Gasteiger partial charge in [-0.1, -0.05) is 34.1 Å². The molecule has 0 aromatic carbocycles. The standard InChI is InChI=1S/C13H26O3/c1-6-10(4)12(15)13(7-2,8-3)9-16-11(5)14/h10,12,15H,6-9H2,1-5H3. The highest BCUT2D eigenvalue weighted by Gasteiger charge is 2.38. The van der Waals surface area contributed by atoms with Gasteiger partial charge in [-0.25, -0.2) is 0 Å². The summed E-state index contributed by atoms with van der Waals surface area (Å²) < 4.78 is 5.11. The van der Waals surface area contributed by atoms with Crippen molar-refractivity contribution in [2.45, 2.75) is 60.0 Å². The molecule has 0 aromatic rings. The average Bonchev–Trinajstić information content (AvgIpc) is 2.29. The summed E-state index contributed by atoms with van der Waals surface area (Å²) in [6.07, 6.45) is 2.17. The lowest BCUT2D eigenvalue weighted by Gasteiger charge is -2.38. The Kier molecular flexibility index (Phi) is 6.65. The summed E-state index contributed by atoms with van der Waals surface area (Å²) in [6, 6.07) is 0. The number of ether oxygens (including phenoxy) is 1. The van der Waals surface area contributed by atoms with Crippen LogP contribution in [0.25, 0.3) is 0 Å². The monoisotopic (exact) mass is 230 g/mol. The topological polar surface area (TPSA) is 46.5 Å². The highest BCUT2D eigenvalue weighted by atomic mass is 16.5. The van der Waals surface area contributed by atoms with Crippen LogP contribution in [0.1, 0.15) is 53.9 Å². The van der Waals surface area contributed by atoms with Crippen LogP contribution >= 0.6 is 0 Å². The van der Waals surface area contributed by atoms with Crippen molar-refractivity contribution < 1.29 is 14.6 Å². The van der Waals surface area contributed by atoms with E-state index in [9.17, 15) is 9.90 Å². The number of carbonyl (C=O) groups is 1. The molecule has 96 valence electrons. The van der Waals surface area contributed by atoms with Gasteiger partial charge in [0.2, 0.25) is 0 Å². The predicted molar refractivity (Wildman–Crippen MR) is 65.1 cm³/mol. The Labute approximate surface area is 99.2 Å². The number of aliphatic hydroxyl groups excluding tert-OH is 1. The quantitative estimate of drug-likeness (QED) is 0.684. The first-order valence-electron chi connectivity index (χ1n) is 6.24. The second-order valence-electron chi connectivity index (χ2n) is 4.68. The molecule has 0 fully saturated rings. The molecule has 0 saturated carbocycles. The molecule has 0 amide bonds. The molecule has 0 rings (SSSR count). The van der Waals surface area contributed by atoms with Crippen LogP contribution in [-0.4, -0.2) is 23.8 Å². The fraction of sp³-hybridized carbons (Fsp3) is 0.923. The van der Waals surface area contributed by atoms with Crippen molar-refractivity contribution in [3.8, 4) is 0 Å². The van der Waals surface area contributed by atoms with E-state index in [-0.39, 0.29) is 17.3 Å². The van der Waals surface area contributed by atoms with Crippen molar-refractivity contribution in [2.75, 3.05) is 6.61 Å². The van der Waals surface area contributed by atoms with Crippen molar-refractivity contribution in [1.29, 1.82) is 0 Å². The maximum absolute atomic E-state index is 10.9. The molecule has 2 unspecified atom stereocenters. The Morgan fingerprint density at radius 3 is 2.12 bits per heavy atom. The number of esters is 1. The molecule has 0 bridgehead atoms. The molecule has 0 saturated heterocycles. The van der Waals surface area contributed by atoms with Gasteiger partial charge in [0.15, 0.2) is 0 Å². The maximum Gasteiger partial charge on any atom is 0.302 e. The van der Waals surface area contributed by atoms with E-state index in [1.165, 1.54) is 6.92 Å². The van der Waals surface area contributed by atoms with Crippen LogP contribution in [0.5, 0.6) is 0 Å². The lowest BCUT2D eigenvalue weighted by molar-refractivity contribution is -0.150. The lowest BCUT2D eigenvalue weighted by Crippen LogP contribution is -2.42. The average molecular weight is 230 g/mol. The Morgan fingerprint density at radius 2 is 1.81 bits per heavy atom. The Morgan fingerprint density at radius 1 is 1.31 bits per heavy atom. The van der Waals surface area contributed by atoms with Crippen LogP contribution in [-0.2, 0) is 9.53 Å². The zero-order valence-electron chi connectivity index (χ0n) is 11.2. The first kappa shape index (κ1) is 15.4. The zero-order chi connectivity index (χ0) is 12.8. The van der Waals surface area contributed by atoms with Crippen LogP contribution in [0.4, 0.5) is 0 Å². The normalized spacial score (nSPS) is 15.6. The molecule has 3 nitrogen and oxygen atoms in total. The van der Waals surface area contributed by atoms with Crippen molar-refractivity contribution in [1.82, 2.24) is 0 Å². The number of hydrogen-bond acceptors (Lipinski definition) is 3. The number of aliphatic hydroxyl groups is 1. The lowest BCUT2D eigenvalue weighted by atomic mass is 9.73. The molecule has 0 spiro atoms.